The van der Waals surface area contributed by atoms with Gasteiger partial charge in [-0.1, -0.05) is 6.92 Å². The average molecular weight is 291 g/mol. The van der Waals surface area contributed by atoms with Gasteiger partial charge in [-0.25, -0.2) is 13.4 Å². The summed E-state index contributed by atoms with van der Waals surface area (Å²) in [5.74, 6) is 0. The number of anilines is 1. The van der Waals surface area contributed by atoms with Crippen LogP contribution in [0.5, 0.6) is 0 Å². The van der Waals surface area contributed by atoms with Crippen LogP contribution in [0.3, 0.4) is 0 Å². The van der Waals surface area contributed by atoms with E-state index in [1.54, 1.807) is 17.9 Å². The van der Waals surface area contributed by atoms with Crippen molar-refractivity contribution in [2.45, 2.75) is 18.2 Å². The summed E-state index contributed by atoms with van der Waals surface area (Å²) in [4.78, 5) is 3.75. The molecule has 0 aliphatic rings. The molecule has 0 unspecified atom stereocenters. The highest BCUT2D eigenvalue weighted by Crippen LogP contribution is 2.19. The predicted octanol–water partition coefficient (Wildman–Crippen LogP) is 1.05. The van der Waals surface area contributed by atoms with Gasteiger partial charge in [-0.05, 0) is 18.6 Å². The van der Waals surface area contributed by atoms with Gasteiger partial charge in [0.1, 0.15) is 16.7 Å². The van der Waals surface area contributed by atoms with E-state index in [2.05, 4.69) is 14.8 Å². The zero-order valence-corrected chi connectivity index (χ0v) is 11.8. The zero-order chi connectivity index (χ0) is 14.8. The number of nitrogens with one attached hydrogen (secondary N) is 1. The fraction of sp³-hybridized carbons (Fsp3) is 0.250. The summed E-state index contributed by atoms with van der Waals surface area (Å²) in [7, 11) is -2.01. The zero-order valence-electron chi connectivity index (χ0n) is 11.0. The molecule has 0 aliphatic carbocycles. The fourth-order valence-corrected chi connectivity index (χ4v) is 2.71. The molecule has 0 amide bonds. The molecule has 0 fully saturated rings. The summed E-state index contributed by atoms with van der Waals surface area (Å²) in [6.07, 6.45) is 3.38. The number of pyridine rings is 1. The Labute approximate surface area is 116 Å². The quantitative estimate of drug-likeness (QED) is 0.907. The number of nitrogens with zero attached hydrogens (tertiary/aromatic N) is 4. The second-order valence-electron chi connectivity index (χ2n) is 4.11. The molecule has 8 heteroatoms. The van der Waals surface area contributed by atoms with Crippen molar-refractivity contribution in [3.63, 3.8) is 0 Å². The minimum atomic E-state index is -3.73. The van der Waals surface area contributed by atoms with Crippen LogP contribution < -0.4 is 4.72 Å². The van der Waals surface area contributed by atoms with Crippen LogP contribution in [0, 0.1) is 11.3 Å². The topological polar surface area (TPSA) is 101 Å². The van der Waals surface area contributed by atoms with E-state index in [0.29, 0.717) is 17.8 Å². The van der Waals surface area contributed by atoms with Crippen molar-refractivity contribution in [2.75, 3.05) is 4.72 Å². The van der Waals surface area contributed by atoms with Crippen molar-refractivity contribution in [1.29, 1.82) is 5.26 Å². The van der Waals surface area contributed by atoms with Crippen LogP contribution in [0.25, 0.3) is 0 Å². The van der Waals surface area contributed by atoms with Gasteiger partial charge < -0.3 is 0 Å². The van der Waals surface area contributed by atoms with Crippen molar-refractivity contribution in [3.8, 4) is 6.07 Å². The Kier molecular flexibility index (Phi) is 3.72. The molecule has 2 aromatic heterocycles. The van der Waals surface area contributed by atoms with E-state index >= 15 is 0 Å². The Bertz CT molecular complexity index is 756. The van der Waals surface area contributed by atoms with E-state index in [4.69, 9.17) is 5.26 Å². The standard InChI is InChI=1S/C12H13N5O2S/c1-3-11-12(8-17(2)15-11)16-20(18,19)10-5-4-9(6-13)14-7-10/h4-5,7-8,16H,3H2,1-2H3. The fourth-order valence-electron chi connectivity index (χ4n) is 1.69. The number of aromatic nitrogens is 3. The highest BCUT2D eigenvalue weighted by atomic mass is 32.2. The number of hydrogen-bond donors (Lipinski definition) is 1. The monoisotopic (exact) mass is 291 g/mol. The third-order valence-corrected chi connectivity index (χ3v) is 4.00. The molecule has 2 rings (SSSR count). The van der Waals surface area contributed by atoms with Gasteiger partial charge in [-0.3, -0.25) is 9.40 Å². The molecule has 7 nitrogen and oxygen atoms in total. The lowest BCUT2D eigenvalue weighted by Crippen LogP contribution is -2.14. The van der Waals surface area contributed by atoms with E-state index in [1.807, 2.05) is 13.0 Å². The minimum Gasteiger partial charge on any atom is -0.276 e. The van der Waals surface area contributed by atoms with Crippen molar-refractivity contribution >= 4 is 15.7 Å². The summed E-state index contributed by atoms with van der Waals surface area (Å²) >= 11 is 0. The smallest absolute Gasteiger partial charge is 0.263 e. The minimum absolute atomic E-state index is 0.00223. The summed E-state index contributed by atoms with van der Waals surface area (Å²) < 4.78 is 28.4. The molecule has 2 aromatic rings. The van der Waals surface area contributed by atoms with Gasteiger partial charge in [0, 0.05) is 19.4 Å². The second kappa shape index (κ2) is 5.30. The molecule has 104 valence electrons. The Hall–Kier alpha value is -2.40. The van der Waals surface area contributed by atoms with E-state index in [1.165, 1.54) is 12.1 Å². The molecule has 1 N–H and O–H groups in total. The molecule has 0 saturated carbocycles. The Balaban J connectivity index is 2.33. The Morgan fingerprint density at radius 2 is 2.20 bits per heavy atom. The van der Waals surface area contributed by atoms with Crippen molar-refractivity contribution < 1.29 is 8.42 Å². The molecule has 0 aliphatic heterocycles. The number of nitriles is 1. The number of hydrogen-bond acceptors (Lipinski definition) is 5. The van der Waals surface area contributed by atoms with Crippen LogP contribution in [0.2, 0.25) is 0 Å². The van der Waals surface area contributed by atoms with Gasteiger partial charge >= 0.3 is 0 Å². The first-order valence-electron chi connectivity index (χ1n) is 5.87. The lowest BCUT2D eigenvalue weighted by atomic mass is 10.3. The third kappa shape index (κ3) is 2.78. The molecule has 0 saturated heterocycles. The van der Waals surface area contributed by atoms with Gasteiger partial charge in [0.15, 0.2) is 0 Å². The summed E-state index contributed by atoms with van der Waals surface area (Å²) in [5.41, 5.74) is 1.27. The van der Waals surface area contributed by atoms with Crippen LogP contribution in [0.1, 0.15) is 18.3 Å². The Morgan fingerprint density at radius 1 is 1.45 bits per heavy atom. The normalized spacial score (nSPS) is 11.1. The van der Waals surface area contributed by atoms with Gasteiger partial charge in [-0.15, -0.1) is 0 Å². The molecule has 2 heterocycles. The maximum Gasteiger partial charge on any atom is 0.263 e. The summed E-state index contributed by atoms with van der Waals surface area (Å²) in [6, 6.07) is 4.54. The van der Waals surface area contributed by atoms with Gasteiger partial charge in [0.25, 0.3) is 10.0 Å². The maximum absolute atomic E-state index is 12.2. The highest BCUT2D eigenvalue weighted by Gasteiger charge is 2.17. The number of aryl methyl sites for hydroxylation is 2. The average Bonchev–Trinajstić information content (AvgIpc) is 2.78. The maximum atomic E-state index is 12.2. The lowest BCUT2D eigenvalue weighted by molar-refractivity contribution is 0.600. The molecule has 0 bridgehead atoms. The van der Waals surface area contributed by atoms with Crippen LogP contribution in [0.4, 0.5) is 5.69 Å². The Morgan fingerprint density at radius 3 is 2.75 bits per heavy atom. The van der Waals surface area contributed by atoms with E-state index in [9.17, 15) is 8.42 Å². The van der Waals surface area contributed by atoms with E-state index < -0.39 is 10.0 Å². The van der Waals surface area contributed by atoms with E-state index in [-0.39, 0.29) is 10.6 Å². The molecule has 0 spiro atoms. The molecule has 20 heavy (non-hydrogen) atoms. The van der Waals surface area contributed by atoms with Crippen molar-refractivity contribution in [1.82, 2.24) is 14.8 Å². The van der Waals surface area contributed by atoms with E-state index in [0.717, 1.165) is 6.20 Å². The highest BCUT2D eigenvalue weighted by molar-refractivity contribution is 7.92. The van der Waals surface area contributed by atoms with Crippen LogP contribution >= 0.6 is 0 Å². The lowest BCUT2D eigenvalue weighted by Gasteiger charge is -2.06. The molecule has 0 aromatic carbocycles. The molecular weight excluding hydrogens is 278 g/mol. The summed E-state index contributed by atoms with van der Waals surface area (Å²) in [6.45, 7) is 1.89. The number of sulfonamides is 1. The molecule has 0 atom stereocenters. The predicted molar refractivity (Wildman–Crippen MR) is 72.3 cm³/mol. The van der Waals surface area contributed by atoms with Crippen LogP contribution in [0.15, 0.2) is 29.4 Å². The van der Waals surface area contributed by atoms with Crippen LogP contribution in [-0.2, 0) is 23.5 Å². The molecular formula is C12H13N5O2S. The molecule has 0 radical (unpaired) electrons. The van der Waals surface area contributed by atoms with Crippen molar-refractivity contribution in [3.05, 3.63) is 35.9 Å². The van der Waals surface area contributed by atoms with Crippen molar-refractivity contribution in [2.24, 2.45) is 7.05 Å². The first kappa shape index (κ1) is 14.0. The van der Waals surface area contributed by atoms with Gasteiger partial charge in [-0.2, -0.15) is 10.4 Å². The van der Waals surface area contributed by atoms with Crippen LogP contribution in [-0.4, -0.2) is 23.2 Å². The largest absolute Gasteiger partial charge is 0.276 e. The van der Waals surface area contributed by atoms with Gasteiger partial charge in [0.05, 0.1) is 11.4 Å². The van der Waals surface area contributed by atoms with Gasteiger partial charge in [0.2, 0.25) is 0 Å². The first-order valence-corrected chi connectivity index (χ1v) is 7.36. The third-order valence-electron chi connectivity index (χ3n) is 2.65. The number of rotatable bonds is 4. The summed E-state index contributed by atoms with van der Waals surface area (Å²) in [5, 5.41) is 12.8. The SMILES string of the molecule is CCc1nn(C)cc1NS(=O)(=O)c1ccc(C#N)nc1. The first-order chi connectivity index (χ1) is 9.46. The second-order valence-corrected chi connectivity index (χ2v) is 5.80.